The number of hydrogen-bond acceptors (Lipinski definition) is 4. The molecule has 2 heterocycles. The second-order valence-corrected chi connectivity index (χ2v) is 5.02. The van der Waals surface area contributed by atoms with Crippen LogP contribution in [0.3, 0.4) is 0 Å². The highest BCUT2D eigenvalue weighted by molar-refractivity contribution is 5.22. The zero-order valence-corrected chi connectivity index (χ0v) is 10.3. The molecule has 0 atom stereocenters. The number of aryl methyl sites for hydroxylation is 1. The Morgan fingerprint density at radius 3 is 2.65 bits per heavy atom. The van der Waals surface area contributed by atoms with Gasteiger partial charge in [-0.25, -0.2) is 4.98 Å². The third-order valence-electron chi connectivity index (χ3n) is 3.40. The molecule has 0 aromatic carbocycles. The molecule has 2 fully saturated rings. The van der Waals surface area contributed by atoms with Gasteiger partial charge in [0.25, 0.3) is 0 Å². The Hall–Kier alpha value is -1.16. The smallest absolute Gasteiger partial charge is 0.217 e. The van der Waals surface area contributed by atoms with Gasteiger partial charge >= 0.3 is 0 Å². The predicted molar refractivity (Wildman–Crippen MR) is 65.3 cm³/mol. The van der Waals surface area contributed by atoms with Crippen LogP contribution in [-0.4, -0.2) is 29.2 Å². The van der Waals surface area contributed by atoms with Crippen molar-refractivity contribution in [1.29, 1.82) is 0 Å². The van der Waals surface area contributed by atoms with Crippen LogP contribution in [0.15, 0.2) is 6.07 Å². The summed E-state index contributed by atoms with van der Waals surface area (Å²) in [4.78, 5) is 8.87. The van der Waals surface area contributed by atoms with Crippen LogP contribution < -0.4 is 10.1 Å². The third-order valence-corrected chi connectivity index (χ3v) is 3.40. The van der Waals surface area contributed by atoms with Gasteiger partial charge in [-0.2, -0.15) is 4.98 Å². The van der Waals surface area contributed by atoms with E-state index < -0.39 is 0 Å². The fourth-order valence-electron chi connectivity index (χ4n) is 2.30. The van der Waals surface area contributed by atoms with Crippen LogP contribution in [0.1, 0.15) is 43.1 Å². The minimum absolute atomic E-state index is 0.317. The molecule has 92 valence electrons. The average molecular weight is 233 g/mol. The molecule has 4 heteroatoms. The molecule has 1 aromatic heterocycles. The molecule has 0 unspecified atom stereocenters. The summed E-state index contributed by atoms with van der Waals surface area (Å²) in [5, 5.41) is 3.34. The summed E-state index contributed by atoms with van der Waals surface area (Å²) >= 11 is 0. The summed E-state index contributed by atoms with van der Waals surface area (Å²) < 4.78 is 5.96. The van der Waals surface area contributed by atoms with E-state index in [4.69, 9.17) is 4.74 Å². The summed E-state index contributed by atoms with van der Waals surface area (Å²) in [6.07, 6.45) is 4.99. The van der Waals surface area contributed by atoms with Gasteiger partial charge in [-0.1, -0.05) is 0 Å². The lowest BCUT2D eigenvalue weighted by atomic mass is 10.1. The molecule has 1 aliphatic heterocycles. The van der Waals surface area contributed by atoms with E-state index in [1.54, 1.807) is 0 Å². The predicted octanol–water partition coefficient (Wildman–Crippen LogP) is 1.79. The van der Waals surface area contributed by atoms with E-state index in [0.717, 1.165) is 37.6 Å². The maximum atomic E-state index is 5.96. The van der Waals surface area contributed by atoms with Gasteiger partial charge in [-0.05, 0) is 45.7 Å². The number of rotatable bonds is 3. The van der Waals surface area contributed by atoms with Gasteiger partial charge < -0.3 is 10.1 Å². The fraction of sp³-hybridized carbons (Fsp3) is 0.692. The molecule has 1 saturated carbocycles. The topological polar surface area (TPSA) is 47.0 Å². The summed E-state index contributed by atoms with van der Waals surface area (Å²) in [6, 6.07) is 2.03. The van der Waals surface area contributed by atoms with Crippen LogP contribution in [0.5, 0.6) is 5.88 Å². The molecule has 3 rings (SSSR count). The van der Waals surface area contributed by atoms with Gasteiger partial charge in [0.2, 0.25) is 5.88 Å². The molecule has 1 N–H and O–H groups in total. The Bertz CT molecular complexity index is 398. The fourth-order valence-corrected chi connectivity index (χ4v) is 2.30. The maximum Gasteiger partial charge on any atom is 0.217 e. The first-order chi connectivity index (χ1) is 8.31. The molecule has 0 spiro atoms. The average Bonchev–Trinajstić information content (AvgIpc) is 3.13. The van der Waals surface area contributed by atoms with Crippen LogP contribution in [0.4, 0.5) is 0 Å². The Labute approximate surface area is 102 Å². The molecule has 1 aromatic rings. The number of nitrogens with one attached hydrogen (secondary N) is 1. The van der Waals surface area contributed by atoms with Crippen molar-refractivity contribution in [2.45, 2.75) is 44.6 Å². The highest BCUT2D eigenvalue weighted by Crippen LogP contribution is 2.39. The van der Waals surface area contributed by atoms with Gasteiger partial charge in [0.1, 0.15) is 11.9 Å². The Kier molecular flexibility index (Phi) is 2.97. The minimum Gasteiger partial charge on any atom is -0.474 e. The van der Waals surface area contributed by atoms with Crippen LogP contribution in [-0.2, 0) is 0 Å². The van der Waals surface area contributed by atoms with E-state index in [1.165, 1.54) is 18.5 Å². The molecule has 1 aliphatic carbocycles. The van der Waals surface area contributed by atoms with E-state index >= 15 is 0 Å². The maximum absolute atomic E-state index is 5.96. The Morgan fingerprint density at radius 2 is 1.94 bits per heavy atom. The SMILES string of the molecule is Cc1nc(OC2CCNCC2)cc(C2CC2)n1. The van der Waals surface area contributed by atoms with Gasteiger partial charge in [-0.3, -0.25) is 0 Å². The van der Waals surface area contributed by atoms with Crippen molar-refractivity contribution < 1.29 is 4.74 Å². The van der Waals surface area contributed by atoms with Crippen molar-refractivity contribution in [3.8, 4) is 5.88 Å². The molecule has 4 nitrogen and oxygen atoms in total. The van der Waals surface area contributed by atoms with Gasteiger partial charge in [-0.15, -0.1) is 0 Å². The molecular weight excluding hydrogens is 214 g/mol. The molecule has 2 aliphatic rings. The van der Waals surface area contributed by atoms with E-state index in [0.29, 0.717) is 12.0 Å². The minimum atomic E-state index is 0.317. The van der Waals surface area contributed by atoms with Crippen molar-refractivity contribution in [1.82, 2.24) is 15.3 Å². The first kappa shape index (κ1) is 11.0. The van der Waals surface area contributed by atoms with Crippen LogP contribution in [0.2, 0.25) is 0 Å². The van der Waals surface area contributed by atoms with Gasteiger partial charge in [0.05, 0.1) is 5.69 Å². The van der Waals surface area contributed by atoms with Crippen molar-refractivity contribution in [3.05, 3.63) is 17.6 Å². The lowest BCUT2D eigenvalue weighted by molar-refractivity contribution is 0.155. The first-order valence-electron chi connectivity index (χ1n) is 6.54. The summed E-state index contributed by atoms with van der Waals surface area (Å²) in [5.74, 6) is 2.26. The zero-order chi connectivity index (χ0) is 11.7. The lowest BCUT2D eigenvalue weighted by Gasteiger charge is -2.23. The quantitative estimate of drug-likeness (QED) is 0.864. The number of nitrogens with zero attached hydrogens (tertiary/aromatic N) is 2. The van der Waals surface area contributed by atoms with Crippen LogP contribution in [0.25, 0.3) is 0 Å². The highest BCUT2D eigenvalue weighted by Gasteiger charge is 2.26. The second-order valence-electron chi connectivity index (χ2n) is 5.02. The van der Waals surface area contributed by atoms with Gasteiger partial charge in [0, 0.05) is 12.0 Å². The highest BCUT2D eigenvalue weighted by atomic mass is 16.5. The van der Waals surface area contributed by atoms with Crippen molar-refractivity contribution in [2.24, 2.45) is 0 Å². The van der Waals surface area contributed by atoms with Crippen LogP contribution in [0, 0.1) is 6.92 Å². The van der Waals surface area contributed by atoms with E-state index in [-0.39, 0.29) is 0 Å². The van der Waals surface area contributed by atoms with Crippen LogP contribution >= 0.6 is 0 Å². The number of aromatic nitrogens is 2. The normalized spacial score (nSPS) is 21.5. The summed E-state index contributed by atoms with van der Waals surface area (Å²) in [6.45, 7) is 4.04. The van der Waals surface area contributed by atoms with Crippen molar-refractivity contribution in [3.63, 3.8) is 0 Å². The van der Waals surface area contributed by atoms with E-state index in [9.17, 15) is 0 Å². The summed E-state index contributed by atoms with van der Waals surface area (Å²) in [7, 11) is 0. The monoisotopic (exact) mass is 233 g/mol. The molecule has 0 bridgehead atoms. The Balaban J connectivity index is 1.72. The molecule has 1 saturated heterocycles. The van der Waals surface area contributed by atoms with E-state index in [2.05, 4.69) is 15.3 Å². The molecule has 0 radical (unpaired) electrons. The lowest BCUT2D eigenvalue weighted by Crippen LogP contribution is -2.34. The van der Waals surface area contributed by atoms with Gasteiger partial charge in [0.15, 0.2) is 0 Å². The zero-order valence-electron chi connectivity index (χ0n) is 10.3. The summed E-state index contributed by atoms with van der Waals surface area (Å²) in [5.41, 5.74) is 1.17. The molecular formula is C13H19N3O. The standard InChI is InChI=1S/C13H19N3O/c1-9-15-12(10-2-3-10)8-13(16-9)17-11-4-6-14-7-5-11/h8,10-11,14H,2-7H2,1H3. The molecule has 17 heavy (non-hydrogen) atoms. The third kappa shape index (κ3) is 2.75. The van der Waals surface area contributed by atoms with Crippen molar-refractivity contribution in [2.75, 3.05) is 13.1 Å². The van der Waals surface area contributed by atoms with Crippen molar-refractivity contribution >= 4 is 0 Å². The number of hydrogen-bond donors (Lipinski definition) is 1. The van der Waals surface area contributed by atoms with E-state index in [1.807, 2.05) is 13.0 Å². The first-order valence-corrected chi connectivity index (χ1v) is 6.54. The number of ether oxygens (including phenoxy) is 1. The largest absolute Gasteiger partial charge is 0.474 e. The second kappa shape index (κ2) is 4.61. The molecule has 0 amide bonds. The number of piperidine rings is 1. The Morgan fingerprint density at radius 1 is 1.18 bits per heavy atom.